The quantitative estimate of drug-likeness (QED) is 0.268. The van der Waals surface area contributed by atoms with Gasteiger partial charge in [-0.25, -0.2) is 4.98 Å². The van der Waals surface area contributed by atoms with Gasteiger partial charge in [-0.3, -0.25) is 9.69 Å². The lowest BCUT2D eigenvalue weighted by molar-refractivity contribution is 0.0988. The molecule has 5 nitrogen and oxygen atoms in total. The van der Waals surface area contributed by atoms with Crippen molar-refractivity contribution < 1.29 is 9.53 Å². The number of fused-ring (bicyclic) bond motifs is 2. The highest BCUT2D eigenvalue weighted by Gasteiger charge is 2.27. The normalized spacial score (nSPS) is 11.5. The van der Waals surface area contributed by atoms with Crippen molar-refractivity contribution >= 4 is 65.6 Å². The highest BCUT2D eigenvalue weighted by atomic mass is 35.5. The molecule has 168 valence electrons. The summed E-state index contributed by atoms with van der Waals surface area (Å²) in [5.41, 5.74) is 0.789. The largest absolute Gasteiger partial charge is 0.492 e. The molecule has 0 unspecified atom stereocenters. The number of amides is 1. The summed E-state index contributed by atoms with van der Waals surface area (Å²) in [6.45, 7) is 9.93. The number of ether oxygens (including phenoxy) is 1. The van der Waals surface area contributed by atoms with Crippen molar-refractivity contribution in [1.29, 1.82) is 0 Å². The Labute approximate surface area is 201 Å². The zero-order chi connectivity index (χ0) is 22.7. The first-order valence-corrected chi connectivity index (χ1v) is 12.8. The van der Waals surface area contributed by atoms with Gasteiger partial charge in [0.15, 0.2) is 5.13 Å². The minimum absolute atomic E-state index is 0.111. The number of rotatable bonds is 9. The van der Waals surface area contributed by atoms with Crippen molar-refractivity contribution in [1.82, 2.24) is 9.88 Å². The number of halogens is 1. The monoisotopic (exact) mass is 487 g/mol. The molecule has 0 aliphatic heterocycles. The molecular formula is C24H26ClN3O2S2. The molecule has 0 aliphatic rings. The topological polar surface area (TPSA) is 45.7 Å². The molecule has 0 radical (unpaired) electrons. The number of carbonyl (C=O) groups excluding carboxylic acids is 1. The highest BCUT2D eigenvalue weighted by Crippen LogP contribution is 2.39. The smallest absolute Gasteiger partial charge is 0.271 e. The van der Waals surface area contributed by atoms with Crippen LogP contribution in [0.1, 0.15) is 30.4 Å². The van der Waals surface area contributed by atoms with E-state index in [1.54, 1.807) is 4.90 Å². The molecular weight excluding hydrogens is 462 g/mol. The standard InChI is InChI=1S/C24H26ClN3O2S2/c1-4-27(5-2)14-15-28(23(29)22-20(25)16-10-7-8-12-18(16)31-22)24-26-21-17(30-6-3)11-9-13-19(21)32-24/h7-13H,4-6,14-15H2,1-3H3. The van der Waals surface area contributed by atoms with Gasteiger partial charge in [-0.1, -0.05) is 61.1 Å². The van der Waals surface area contributed by atoms with E-state index in [2.05, 4.69) is 18.7 Å². The number of carbonyl (C=O) groups is 1. The van der Waals surface area contributed by atoms with Gasteiger partial charge in [0.05, 0.1) is 16.3 Å². The molecule has 0 spiro atoms. The lowest BCUT2D eigenvalue weighted by atomic mass is 10.2. The number of nitrogens with zero attached hydrogens (tertiary/aromatic N) is 3. The summed E-state index contributed by atoms with van der Waals surface area (Å²) < 4.78 is 7.76. The van der Waals surface area contributed by atoms with Gasteiger partial charge in [-0.05, 0) is 38.2 Å². The van der Waals surface area contributed by atoms with E-state index in [9.17, 15) is 4.79 Å². The minimum Gasteiger partial charge on any atom is -0.492 e. The van der Waals surface area contributed by atoms with Crippen LogP contribution in [-0.4, -0.2) is 48.6 Å². The fourth-order valence-corrected chi connectivity index (χ4v) is 6.11. The Morgan fingerprint density at radius 2 is 1.75 bits per heavy atom. The number of benzene rings is 2. The molecule has 0 N–H and O–H groups in total. The summed E-state index contributed by atoms with van der Waals surface area (Å²) in [5.74, 6) is 0.629. The lowest BCUT2D eigenvalue weighted by Gasteiger charge is -2.24. The Hall–Kier alpha value is -2.19. The predicted molar refractivity (Wildman–Crippen MR) is 137 cm³/mol. The molecule has 0 aliphatic carbocycles. The maximum Gasteiger partial charge on any atom is 0.271 e. The summed E-state index contributed by atoms with van der Waals surface area (Å²) in [5, 5.41) is 2.09. The van der Waals surface area contributed by atoms with E-state index >= 15 is 0 Å². The van der Waals surface area contributed by atoms with Crippen molar-refractivity contribution in [2.75, 3.05) is 37.7 Å². The van der Waals surface area contributed by atoms with Crippen LogP contribution in [0.5, 0.6) is 5.75 Å². The molecule has 4 rings (SSSR count). The first-order chi connectivity index (χ1) is 15.6. The predicted octanol–water partition coefficient (Wildman–Crippen LogP) is 6.55. The van der Waals surface area contributed by atoms with Crippen LogP contribution < -0.4 is 9.64 Å². The molecule has 32 heavy (non-hydrogen) atoms. The fourth-order valence-electron chi connectivity index (χ4n) is 3.64. The third kappa shape index (κ3) is 4.48. The average Bonchev–Trinajstić information content (AvgIpc) is 3.39. The molecule has 0 saturated heterocycles. The number of para-hydroxylation sites is 1. The number of hydrogen-bond acceptors (Lipinski definition) is 6. The molecule has 0 saturated carbocycles. The Morgan fingerprint density at radius 1 is 1.00 bits per heavy atom. The van der Waals surface area contributed by atoms with E-state index in [0.717, 1.165) is 45.7 Å². The van der Waals surface area contributed by atoms with Crippen LogP contribution >= 0.6 is 34.3 Å². The third-order valence-electron chi connectivity index (χ3n) is 5.41. The van der Waals surface area contributed by atoms with Crippen LogP contribution in [0.3, 0.4) is 0 Å². The van der Waals surface area contributed by atoms with E-state index in [0.29, 0.717) is 28.2 Å². The number of likely N-dealkylation sites (N-methyl/N-ethyl adjacent to an activating group) is 1. The third-order valence-corrected chi connectivity index (χ3v) is 8.12. The molecule has 1 amide bonds. The first kappa shape index (κ1) is 23.0. The van der Waals surface area contributed by atoms with Gasteiger partial charge in [-0.15, -0.1) is 11.3 Å². The Balaban J connectivity index is 1.76. The summed E-state index contributed by atoms with van der Waals surface area (Å²) in [4.78, 5) is 23.2. The Morgan fingerprint density at radius 3 is 2.47 bits per heavy atom. The zero-order valence-electron chi connectivity index (χ0n) is 18.4. The molecule has 0 bridgehead atoms. The fraction of sp³-hybridized carbons (Fsp3) is 0.333. The molecule has 2 aromatic heterocycles. The molecule has 4 aromatic rings. The maximum atomic E-state index is 13.8. The number of thiazole rings is 1. The highest BCUT2D eigenvalue weighted by molar-refractivity contribution is 7.23. The van der Waals surface area contributed by atoms with E-state index < -0.39 is 0 Å². The number of thiophene rings is 1. The van der Waals surface area contributed by atoms with Gasteiger partial charge >= 0.3 is 0 Å². The second kappa shape index (κ2) is 10.2. The van der Waals surface area contributed by atoms with Crippen molar-refractivity contribution in [3.8, 4) is 5.75 Å². The first-order valence-electron chi connectivity index (χ1n) is 10.8. The van der Waals surface area contributed by atoms with Crippen molar-refractivity contribution in [3.63, 3.8) is 0 Å². The van der Waals surface area contributed by atoms with Crippen LogP contribution in [0.25, 0.3) is 20.3 Å². The van der Waals surface area contributed by atoms with Crippen molar-refractivity contribution in [3.05, 3.63) is 52.4 Å². The SMILES string of the molecule is CCOc1cccc2sc(N(CCN(CC)CC)C(=O)c3sc4ccccc4c3Cl)nc12. The van der Waals surface area contributed by atoms with E-state index in [1.807, 2.05) is 49.4 Å². The van der Waals surface area contributed by atoms with Crippen LogP contribution in [0.15, 0.2) is 42.5 Å². The summed E-state index contributed by atoms with van der Waals surface area (Å²) in [7, 11) is 0. The minimum atomic E-state index is -0.111. The van der Waals surface area contributed by atoms with Gasteiger partial charge in [0, 0.05) is 23.2 Å². The van der Waals surface area contributed by atoms with Crippen molar-refractivity contribution in [2.45, 2.75) is 20.8 Å². The maximum absolute atomic E-state index is 13.8. The van der Waals surface area contributed by atoms with Gasteiger partial charge in [-0.2, -0.15) is 0 Å². The molecule has 8 heteroatoms. The van der Waals surface area contributed by atoms with Crippen LogP contribution in [0, 0.1) is 0 Å². The number of anilines is 1. The van der Waals surface area contributed by atoms with Gasteiger partial charge in [0.1, 0.15) is 16.1 Å². The lowest BCUT2D eigenvalue weighted by Crippen LogP contribution is -2.38. The van der Waals surface area contributed by atoms with Crippen LogP contribution in [0.4, 0.5) is 5.13 Å². The molecule has 2 aromatic carbocycles. The van der Waals surface area contributed by atoms with Crippen molar-refractivity contribution in [2.24, 2.45) is 0 Å². The van der Waals surface area contributed by atoms with Gasteiger partial charge < -0.3 is 9.64 Å². The number of hydrogen-bond donors (Lipinski definition) is 0. The Kier molecular flexibility index (Phi) is 7.30. The second-order valence-electron chi connectivity index (χ2n) is 7.26. The molecule has 2 heterocycles. The van der Waals surface area contributed by atoms with Crippen LogP contribution in [0.2, 0.25) is 5.02 Å². The van der Waals surface area contributed by atoms with Crippen LogP contribution in [-0.2, 0) is 0 Å². The number of aromatic nitrogens is 1. The van der Waals surface area contributed by atoms with Gasteiger partial charge in [0.2, 0.25) is 0 Å². The summed E-state index contributed by atoms with van der Waals surface area (Å²) >= 11 is 9.60. The average molecular weight is 488 g/mol. The summed E-state index contributed by atoms with van der Waals surface area (Å²) in [6.07, 6.45) is 0. The van der Waals surface area contributed by atoms with E-state index in [4.69, 9.17) is 21.3 Å². The van der Waals surface area contributed by atoms with E-state index in [-0.39, 0.29) is 5.91 Å². The van der Waals surface area contributed by atoms with Gasteiger partial charge in [0.25, 0.3) is 5.91 Å². The molecule has 0 fully saturated rings. The second-order valence-corrected chi connectivity index (χ2v) is 9.70. The molecule has 0 atom stereocenters. The zero-order valence-corrected chi connectivity index (χ0v) is 20.8. The Bertz CT molecular complexity index is 1230. The van der Waals surface area contributed by atoms with E-state index in [1.165, 1.54) is 22.7 Å². The summed E-state index contributed by atoms with van der Waals surface area (Å²) in [6, 6.07) is 13.7.